The molecule has 31 heavy (non-hydrogen) atoms. The Morgan fingerprint density at radius 2 is 2.03 bits per heavy atom. The van der Waals surface area contributed by atoms with Gasteiger partial charge in [0.05, 0.1) is 18.9 Å². The van der Waals surface area contributed by atoms with Gasteiger partial charge >= 0.3 is 0 Å². The van der Waals surface area contributed by atoms with Crippen LogP contribution in [0.25, 0.3) is 5.57 Å². The molecule has 0 atom stereocenters. The molecule has 0 saturated heterocycles. The fourth-order valence-corrected chi connectivity index (χ4v) is 2.99. The molecule has 0 bridgehead atoms. The molecule has 5 nitrogen and oxygen atoms in total. The maximum absolute atomic E-state index is 13.2. The van der Waals surface area contributed by atoms with Gasteiger partial charge in [0.25, 0.3) is 5.91 Å². The van der Waals surface area contributed by atoms with Crippen LogP contribution in [0.1, 0.15) is 37.0 Å². The number of aliphatic imine (C=N–C) groups is 1. The van der Waals surface area contributed by atoms with E-state index >= 15 is 0 Å². The largest absolute Gasteiger partial charge is 0.496 e. The zero-order valence-electron chi connectivity index (χ0n) is 19.0. The number of rotatable bonds is 9. The number of ether oxygens (including phenoxy) is 1. The van der Waals surface area contributed by atoms with E-state index in [9.17, 15) is 9.18 Å². The number of aryl methyl sites for hydroxylation is 2. The van der Waals surface area contributed by atoms with Gasteiger partial charge in [0.1, 0.15) is 11.6 Å². The minimum absolute atomic E-state index is 0.240. The van der Waals surface area contributed by atoms with E-state index in [-0.39, 0.29) is 11.7 Å². The second-order valence-electron chi connectivity index (χ2n) is 6.47. The zero-order chi connectivity index (χ0) is 23.2. The Hall–Kier alpha value is -3.28. The van der Waals surface area contributed by atoms with E-state index in [0.717, 1.165) is 22.4 Å². The summed E-state index contributed by atoms with van der Waals surface area (Å²) in [6.45, 7) is 10.3. The number of halogens is 1. The average molecular weight is 426 g/mol. The van der Waals surface area contributed by atoms with Crippen LogP contribution in [0.4, 0.5) is 4.39 Å². The molecule has 1 amide bonds. The van der Waals surface area contributed by atoms with Gasteiger partial charge in [-0.15, -0.1) is 0 Å². The third-order valence-corrected chi connectivity index (χ3v) is 4.39. The number of methoxy groups -OCH3 is 1. The van der Waals surface area contributed by atoms with Gasteiger partial charge in [0.2, 0.25) is 0 Å². The van der Waals surface area contributed by atoms with Gasteiger partial charge in [-0.05, 0) is 60.2 Å². The minimum atomic E-state index is -0.360. The summed E-state index contributed by atoms with van der Waals surface area (Å²) in [6, 6.07) is 7.14. The number of pyridine rings is 1. The Kier molecular flexibility index (Phi) is 11.5. The van der Waals surface area contributed by atoms with Gasteiger partial charge in [-0.2, -0.15) is 0 Å². The lowest BCUT2D eigenvalue weighted by molar-refractivity contribution is -0.116. The highest BCUT2D eigenvalue weighted by molar-refractivity contribution is 6.19. The SMILES string of the molecule is C=C/C(=C(\C=NC)C(=O)NCCCc1cncc(F)c1)c1ccc(OC)c(C)c1.CC. The van der Waals surface area contributed by atoms with Crippen molar-refractivity contribution in [2.45, 2.75) is 33.6 Å². The van der Waals surface area contributed by atoms with E-state index in [1.807, 2.05) is 39.0 Å². The first-order chi connectivity index (χ1) is 15.0. The van der Waals surface area contributed by atoms with Crippen LogP contribution in [-0.2, 0) is 11.2 Å². The Morgan fingerprint density at radius 3 is 2.61 bits per heavy atom. The van der Waals surface area contributed by atoms with Crippen molar-refractivity contribution in [1.29, 1.82) is 0 Å². The number of nitrogens with one attached hydrogen (secondary N) is 1. The minimum Gasteiger partial charge on any atom is -0.496 e. The monoisotopic (exact) mass is 425 g/mol. The van der Waals surface area contributed by atoms with Crippen molar-refractivity contribution < 1.29 is 13.9 Å². The summed E-state index contributed by atoms with van der Waals surface area (Å²) in [7, 11) is 3.24. The number of nitrogens with zero attached hydrogens (tertiary/aromatic N) is 2. The van der Waals surface area contributed by atoms with E-state index in [1.165, 1.54) is 18.5 Å². The van der Waals surface area contributed by atoms with E-state index < -0.39 is 0 Å². The summed E-state index contributed by atoms with van der Waals surface area (Å²) in [4.78, 5) is 20.6. The highest BCUT2D eigenvalue weighted by Gasteiger charge is 2.14. The first-order valence-corrected chi connectivity index (χ1v) is 10.3. The third-order valence-electron chi connectivity index (χ3n) is 4.39. The Bertz CT molecular complexity index is 936. The average Bonchev–Trinajstić information content (AvgIpc) is 2.78. The lowest BCUT2D eigenvalue weighted by Gasteiger charge is -2.12. The predicted octanol–water partition coefficient (Wildman–Crippen LogP) is 4.95. The first kappa shape index (κ1) is 25.8. The van der Waals surface area contributed by atoms with Crippen molar-refractivity contribution in [3.8, 4) is 5.75 Å². The molecule has 0 radical (unpaired) electrons. The van der Waals surface area contributed by atoms with Gasteiger partial charge in [-0.1, -0.05) is 32.6 Å². The number of hydrogen-bond donors (Lipinski definition) is 1. The standard InChI is InChI=1S/C23H26FN3O2.C2H6/c1-5-20(18-8-9-22(29-4)16(2)11-18)21(15-25-3)23(28)27-10-6-7-17-12-19(24)14-26-13-17;1-2/h5,8-9,11-15H,1,6-7,10H2,2-4H3,(H,27,28);1-2H3/b21-20-,25-15?;. The van der Waals surface area contributed by atoms with Gasteiger partial charge < -0.3 is 10.1 Å². The second kappa shape index (κ2) is 13.9. The van der Waals surface area contributed by atoms with Crippen molar-refractivity contribution in [1.82, 2.24) is 10.3 Å². The molecule has 0 aliphatic rings. The quantitative estimate of drug-likeness (QED) is 0.267. The number of hydrogen-bond acceptors (Lipinski definition) is 4. The highest BCUT2D eigenvalue weighted by atomic mass is 19.1. The van der Waals surface area contributed by atoms with Crippen molar-refractivity contribution in [2.75, 3.05) is 20.7 Å². The molecular formula is C25H32FN3O2. The molecule has 2 aromatic rings. The Morgan fingerprint density at radius 1 is 1.29 bits per heavy atom. The van der Waals surface area contributed by atoms with Crippen LogP contribution in [-0.4, -0.2) is 37.8 Å². The van der Waals surface area contributed by atoms with Crippen molar-refractivity contribution >= 4 is 17.7 Å². The second-order valence-corrected chi connectivity index (χ2v) is 6.47. The zero-order valence-corrected chi connectivity index (χ0v) is 19.0. The number of amides is 1. The molecule has 0 aliphatic carbocycles. The van der Waals surface area contributed by atoms with Gasteiger partial charge in [0.15, 0.2) is 0 Å². The van der Waals surface area contributed by atoms with Gasteiger partial charge in [-0.25, -0.2) is 4.39 Å². The molecule has 2 rings (SSSR count). The summed E-state index contributed by atoms with van der Waals surface area (Å²) >= 11 is 0. The fourth-order valence-electron chi connectivity index (χ4n) is 2.99. The van der Waals surface area contributed by atoms with Crippen molar-refractivity contribution in [3.05, 3.63) is 77.4 Å². The van der Waals surface area contributed by atoms with Crippen LogP contribution in [0.3, 0.4) is 0 Å². The van der Waals surface area contributed by atoms with Crippen LogP contribution in [0, 0.1) is 12.7 Å². The normalized spacial score (nSPS) is 11.3. The molecule has 1 heterocycles. The molecule has 0 spiro atoms. The van der Waals surface area contributed by atoms with E-state index in [2.05, 4.69) is 21.9 Å². The smallest absolute Gasteiger partial charge is 0.253 e. The maximum Gasteiger partial charge on any atom is 0.253 e. The lowest BCUT2D eigenvalue weighted by Crippen LogP contribution is -2.27. The van der Waals surface area contributed by atoms with E-state index in [4.69, 9.17) is 4.74 Å². The number of benzene rings is 1. The van der Waals surface area contributed by atoms with Crippen molar-refractivity contribution in [3.63, 3.8) is 0 Å². The van der Waals surface area contributed by atoms with Crippen LogP contribution in [0.2, 0.25) is 0 Å². The summed E-state index contributed by atoms with van der Waals surface area (Å²) < 4.78 is 18.5. The molecule has 0 fully saturated rings. The third kappa shape index (κ3) is 7.81. The Labute approximate surface area is 184 Å². The van der Waals surface area contributed by atoms with Gasteiger partial charge in [-0.3, -0.25) is 14.8 Å². The Balaban J connectivity index is 0.00000233. The summed E-state index contributed by atoms with van der Waals surface area (Å²) in [6.07, 6.45) is 7.26. The first-order valence-electron chi connectivity index (χ1n) is 10.3. The summed E-state index contributed by atoms with van der Waals surface area (Å²) in [5.41, 5.74) is 3.73. The van der Waals surface area contributed by atoms with E-state index in [1.54, 1.807) is 26.4 Å². The molecule has 166 valence electrons. The molecule has 0 saturated carbocycles. The van der Waals surface area contributed by atoms with Crippen LogP contribution < -0.4 is 10.1 Å². The number of allylic oxidation sites excluding steroid dienone is 2. The number of carbonyl (C=O) groups is 1. The summed E-state index contributed by atoms with van der Waals surface area (Å²) in [5.74, 6) is 0.178. The molecule has 1 aromatic heterocycles. The highest BCUT2D eigenvalue weighted by Crippen LogP contribution is 2.25. The van der Waals surface area contributed by atoms with Crippen LogP contribution in [0.15, 0.2) is 59.9 Å². The summed E-state index contributed by atoms with van der Waals surface area (Å²) in [5, 5.41) is 2.90. The molecule has 6 heteroatoms. The molecular weight excluding hydrogens is 393 g/mol. The van der Waals surface area contributed by atoms with E-state index in [0.29, 0.717) is 30.5 Å². The number of carbonyl (C=O) groups excluding carboxylic acids is 1. The van der Waals surface area contributed by atoms with Crippen molar-refractivity contribution in [2.24, 2.45) is 4.99 Å². The fraction of sp³-hybridized carbons (Fsp3) is 0.320. The maximum atomic E-state index is 13.2. The van der Waals surface area contributed by atoms with Gasteiger partial charge in [0, 0.05) is 26.0 Å². The van der Waals surface area contributed by atoms with Crippen LogP contribution >= 0.6 is 0 Å². The lowest BCUT2D eigenvalue weighted by atomic mass is 9.97. The molecule has 0 unspecified atom stereocenters. The number of aromatic nitrogens is 1. The van der Waals surface area contributed by atoms with Crippen LogP contribution in [0.5, 0.6) is 5.75 Å². The molecule has 0 aliphatic heterocycles. The molecule has 1 N–H and O–H groups in total. The predicted molar refractivity (Wildman–Crippen MR) is 126 cm³/mol. The topological polar surface area (TPSA) is 63.6 Å². The molecule has 1 aromatic carbocycles.